The molecule has 0 radical (unpaired) electrons. The van der Waals surface area contributed by atoms with Crippen molar-refractivity contribution in [2.24, 2.45) is 10.7 Å². The number of nitrogens with zero attached hydrogens (tertiary/aromatic N) is 5. The number of allylic oxidation sites excluding steroid dienone is 2. The minimum Gasteiger partial charge on any atom is -0.384 e. The van der Waals surface area contributed by atoms with Crippen molar-refractivity contribution in [3.63, 3.8) is 0 Å². The average Bonchev–Trinajstić information content (AvgIpc) is 3.07. The lowest BCUT2D eigenvalue weighted by atomic mass is 10.1. The van der Waals surface area contributed by atoms with Crippen LogP contribution in [0.1, 0.15) is 45.0 Å². The second-order valence-electron chi connectivity index (χ2n) is 6.77. The Morgan fingerprint density at radius 1 is 1.19 bits per heavy atom. The summed E-state index contributed by atoms with van der Waals surface area (Å²) in [5.74, 6) is 0.318. The summed E-state index contributed by atoms with van der Waals surface area (Å²) in [5.41, 5.74) is 9.95. The van der Waals surface area contributed by atoms with Gasteiger partial charge in [0.1, 0.15) is 11.5 Å². The first-order chi connectivity index (χ1) is 12.5. The van der Waals surface area contributed by atoms with Crippen LogP contribution in [0.5, 0.6) is 0 Å². The second-order valence-corrected chi connectivity index (χ2v) is 6.77. The maximum Gasteiger partial charge on any atom is 0.116 e. The Morgan fingerprint density at radius 2 is 1.88 bits per heavy atom. The number of rotatable bonds is 4. The summed E-state index contributed by atoms with van der Waals surface area (Å²) in [7, 11) is 2.16. The Kier molecular flexibility index (Phi) is 7.45. The minimum atomic E-state index is 0.318. The number of hydrogen-bond donors (Lipinski definition) is 1. The zero-order valence-electron chi connectivity index (χ0n) is 16.8. The van der Waals surface area contributed by atoms with E-state index in [2.05, 4.69) is 52.2 Å². The molecule has 0 atom stereocenters. The van der Waals surface area contributed by atoms with E-state index in [9.17, 15) is 0 Å². The summed E-state index contributed by atoms with van der Waals surface area (Å²) in [4.78, 5) is 9.20. The second kappa shape index (κ2) is 9.57. The van der Waals surface area contributed by atoms with Gasteiger partial charge in [-0.3, -0.25) is 4.68 Å². The first-order valence-electron chi connectivity index (χ1n) is 9.75. The van der Waals surface area contributed by atoms with Crippen LogP contribution in [-0.4, -0.2) is 58.5 Å². The van der Waals surface area contributed by atoms with Crippen LogP contribution >= 0.6 is 0 Å². The molecule has 6 nitrogen and oxygen atoms in total. The molecule has 2 aliphatic heterocycles. The van der Waals surface area contributed by atoms with Crippen LogP contribution < -0.4 is 5.73 Å². The van der Waals surface area contributed by atoms with Gasteiger partial charge in [-0.05, 0) is 45.4 Å². The van der Waals surface area contributed by atoms with E-state index in [1.807, 2.05) is 13.8 Å². The van der Waals surface area contributed by atoms with Gasteiger partial charge in [0.15, 0.2) is 0 Å². The van der Waals surface area contributed by atoms with E-state index in [1.165, 1.54) is 24.2 Å². The van der Waals surface area contributed by atoms with Crippen LogP contribution in [0.4, 0.5) is 0 Å². The van der Waals surface area contributed by atoms with E-state index in [1.54, 1.807) is 0 Å². The Hall–Kier alpha value is -2.08. The molecule has 1 saturated heterocycles. The molecule has 1 fully saturated rings. The fourth-order valence-electron chi connectivity index (χ4n) is 3.31. The smallest absolute Gasteiger partial charge is 0.116 e. The van der Waals surface area contributed by atoms with E-state index >= 15 is 0 Å². The van der Waals surface area contributed by atoms with Crippen molar-refractivity contribution >= 4 is 5.71 Å². The molecule has 144 valence electrons. The van der Waals surface area contributed by atoms with Crippen molar-refractivity contribution in [3.8, 4) is 0 Å². The highest BCUT2D eigenvalue weighted by atomic mass is 15.3. The molecule has 6 heteroatoms. The largest absolute Gasteiger partial charge is 0.384 e. The highest BCUT2D eigenvalue weighted by Crippen LogP contribution is 2.17. The normalized spacial score (nSPS) is 18.8. The van der Waals surface area contributed by atoms with Crippen molar-refractivity contribution in [3.05, 3.63) is 41.6 Å². The number of fused-ring (bicyclic) bond motifs is 1. The minimum absolute atomic E-state index is 0.318. The average molecular weight is 359 g/mol. The van der Waals surface area contributed by atoms with Crippen LogP contribution in [0.3, 0.4) is 0 Å². The molecule has 26 heavy (non-hydrogen) atoms. The Labute approximate surface area is 158 Å². The molecule has 0 spiro atoms. The fraction of sp³-hybridized carbons (Fsp3) is 0.600. The molecule has 3 heterocycles. The Bertz CT molecular complexity index is 638. The van der Waals surface area contributed by atoms with Crippen LogP contribution in [0.25, 0.3) is 0 Å². The topological polar surface area (TPSA) is 62.7 Å². The van der Waals surface area contributed by atoms with Gasteiger partial charge in [-0.25, -0.2) is 4.99 Å². The number of nitrogens with two attached hydrogens (primary N) is 1. The lowest BCUT2D eigenvalue weighted by Gasteiger charge is -2.34. The molecular formula is C20H34N6. The third-order valence-electron chi connectivity index (χ3n) is 4.79. The van der Waals surface area contributed by atoms with E-state index in [-0.39, 0.29) is 0 Å². The number of aryl methyl sites for hydroxylation is 2. The monoisotopic (exact) mass is 358 g/mol. The van der Waals surface area contributed by atoms with Gasteiger partial charge >= 0.3 is 0 Å². The SMILES string of the molecule is C=C(N)/N=C(\C=C(/C)N1CCN(C)CC1)c1cc2n(n1)CCCC2.CC. The zero-order valence-corrected chi connectivity index (χ0v) is 16.8. The maximum atomic E-state index is 5.76. The number of aromatic nitrogens is 2. The molecule has 3 rings (SSSR count). The molecule has 1 aromatic heterocycles. The highest BCUT2D eigenvalue weighted by Gasteiger charge is 2.17. The Balaban J connectivity index is 0.00000117. The summed E-state index contributed by atoms with van der Waals surface area (Å²) in [6.45, 7) is 15.1. The molecule has 2 N–H and O–H groups in total. The molecule has 0 saturated carbocycles. The van der Waals surface area contributed by atoms with Crippen LogP contribution in [-0.2, 0) is 13.0 Å². The maximum absolute atomic E-state index is 5.76. The third-order valence-corrected chi connectivity index (χ3v) is 4.79. The molecule has 0 aromatic carbocycles. The van der Waals surface area contributed by atoms with Gasteiger partial charge in [-0.15, -0.1) is 0 Å². The molecule has 0 unspecified atom stereocenters. The summed E-state index contributed by atoms with van der Waals surface area (Å²) in [6.07, 6.45) is 5.61. The molecule has 2 aliphatic rings. The lowest BCUT2D eigenvalue weighted by Crippen LogP contribution is -2.43. The van der Waals surface area contributed by atoms with Crippen molar-refractivity contribution in [1.29, 1.82) is 0 Å². The molecule has 0 amide bonds. The van der Waals surface area contributed by atoms with Crippen molar-refractivity contribution in [2.75, 3.05) is 33.2 Å². The van der Waals surface area contributed by atoms with E-state index in [4.69, 9.17) is 10.8 Å². The summed E-state index contributed by atoms with van der Waals surface area (Å²) in [5, 5.41) is 4.73. The molecule has 1 aromatic rings. The van der Waals surface area contributed by atoms with E-state index in [0.717, 1.165) is 50.6 Å². The summed E-state index contributed by atoms with van der Waals surface area (Å²) >= 11 is 0. The molecular weight excluding hydrogens is 324 g/mol. The van der Waals surface area contributed by atoms with Gasteiger partial charge < -0.3 is 15.5 Å². The van der Waals surface area contributed by atoms with Crippen LogP contribution in [0, 0.1) is 0 Å². The van der Waals surface area contributed by atoms with Gasteiger partial charge in [0.25, 0.3) is 0 Å². The van der Waals surface area contributed by atoms with E-state index in [0.29, 0.717) is 5.82 Å². The van der Waals surface area contributed by atoms with Crippen molar-refractivity contribution in [2.45, 2.75) is 46.6 Å². The van der Waals surface area contributed by atoms with Gasteiger partial charge in [-0.2, -0.15) is 5.10 Å². The Morgan fingerprint density at radius 3 is 2.50 bits per heavy atom. The first kappa shape index (κ1) is 20.2. The zero-order chi connectivity index (χ0) is 19.1. The number of aliphatic imine (C=N–C) groups is 1. The molecule has 0 aliphatic carbocycles. The standard InChI is InChI=1S/C18H28N6.C2H6/c1-14(23-10-8-22(3)9-11-23)12-17(20-15(2)19)18-13-16-6-4-5-7-24(16)21-18;1-2/h12-13H,2,4-11,19H2,1,3H3;1-2H3/b14-12+,20-17+;. The highest BCUT2D eigenvalue weighted by molar-refractivity contribution is 6.08. The van der Waals surface area contributed by atoms with Crippen molar-refractivity contribution < 1.29 is 0 Å². The van der Waals surface area contributed by atoms with Crippen molar-refractivity contribution in [1.82, 2.24) is 19.6 Å². The van der Waals surface area contributed by atoms with Gasteiger partial charge in [-0.1, -0.05) is 20.4 Å². The fourth-order valence-corrected chi connectivity index (χ4v) is 3.31. The first-order valence-corrected chi connectivity index (χ1v) is 9.75. The number of piperazine rings is 1. The van der Waals surface area contributed by atoms with Crippen LogP contribution in [0.2, 0.25) is 0 Å². The number of likely N-dealkylation sites (N-methyl/N-ethyl adjacent to an activating group) is 1. The lowest BCUT2D eigenvalue weighted by molar-refractivity contribution is 0.187. The van der Waals surface area contributed by atoms with Crippen LogP contribution in [0.15, 0.2) is 35.2 Å². The third kappa shape index (κ3) is 5.21. The van der Waals surface area contributed by atoms with Gasteiger partial charge in [0.2, 0.25) is 0 Å². The quantitative estimate of drug-likeness (QED) is 0.841. The number of hydrogen-bond acceptors (Lipinski definition) is 5. The van der Waals surface area contributed by atoms with E-state index < -0.39 is 0 Å². The van der Waals surface area contributed by atoms with Gasteiger partial charge in [0, 0.05) is 44.1 Å². The summed E-state index contributed by atoms with van der Waals surface area (Å²) < 4.78 is 2.10. The van der Waals surface area contributed by atoms with Gasteiger partial charge in [0.05, 0.1) is 5.71 Å². The predicted octanol–water partition coefficient (Wildman–Crippen LogP) is 2.62. The summed E-state index contributed by atoms with van der Waals surface area (Å²) in [6, 6.07) is 2.15. The predicted molar refractivity (Wildman–Crippen MR) is 109 cm³/mol. The molecule has 0 bridgehead atoms.